The van der Waals surface area contributed by atoms with Gasteiger partial charge in [-0.15, -0.1) is 0 Å². The number of hydrogen-bond donors (Lipinski definition) is 0. The minimum atomic E-state index is -0.430. The molecule has 0 aliphatic rings. The molecule has 0 fully saturated rings. The molecule has 2 aromatic rings. The summed E-state index contributed by atoms with van der Waals surface area (Å²) in [5, 5.41) is 2.15. The van der Waals surface area contributed by atoms with E-state index in [1.54, 1.807) is 19.0 Å². The van der Waals surface area contributed by atoms with Crippen molar-refractivity contribution in [2.75, 3.05) is 14.1 Å². The van der Waals surface area contributed by atoms with Crippen molar-refractivity contribution in [2.24, 2.45) is 0 Å². The van der Waals surface area contributed by atoms with Crippen LogP contribution in [0, 0.1) is 0 Å². The molecule has 2 aromatic carbocycles. The minimum Gasteiger partial charge on any atom is -0.480 e. The predicted octanol–water partition coefficient (Wildman–Crippen LogP) is 3.09. The Bertz CT molecular complexity index is 572. The Kier molecular flexibility index (Phi) is 4.05. The maximum atomic E-state index is 12.0. The standard InChI is InChI=1S/C16H19NO2/c1-4-14(16(18)17(2)3)19-15-11-7-9-12-8-5-6-10-13(12)15/h5-11,14H,4H2,1-3H3/t14-/m1/s1. The lowest BCUT2D eigenvalue weighted by Crippen LogP contribution is -2.37. The molecule has 0 bridgehead atoms. The first-order valence-electron chi connectivity index (χ1n) is 6.49. The van der Waals surface area contributed by atoms with Crippen LogP contribution in [0.25, 0.3) is 10.8 Å². The van der Waals surface area contributed by atoms with E-state index in [0.29, 0.717) is 6.42 Å². The van der Waals surface area contributed by atoms with Gasteiger partial charge in [0.15, 0.2) is 6.10 Å². The monoisotopic (exact) mass is 257 g/mol. The summed E-state index contributed by atoms with van der Waals surface area (Å²) in [5.74, 6) is 0.760. The maximum Gasteiger partial charge on any atom is 0.263 e. The largest absolute Gasteiger partial charge is 0.480 e. The molecule has 0 saturated heterocycles. The summed E-state index contributed by atoms with van der Waals surface area (Å²) in [6.45, 7) is 1.96. The van der Waals surface area contributed by atoms with Crippen molar-refractivity contribution in [3.8, 4) is 5.75 Å². The summed E-state index contributed by atoms with van der Waals surface area (Å²) in [6.07, 6.45) is 0.223. The molecule has 0 spiro atoms. The molecular formula is C16H19NO2. The highest BCUT2D eigenvalue weighted by molar-refractivity contribution is 5.89. The van der Waals surface area contributed by atoms with Crippen molar-refractivity contribution in [3.63, 3.8) is 0 Å². The lowest BCUT2D eigenvalue weighted by Gasteiger charge is -2.21. The number of fused-ring (bicyclic) bond motifs is 1. The molecule has 2 rings (SSSR count). The Labute approximate surface area is 113 Å². The van der Waals surface area contributed by atoms with Crippen molar-refractivity contribution in [1.82, 2.24) is 4.90 Å². The van der Waals surface area contributed by atoms with E-state index in [0.717, 1.165) is 16.5 Å². The van der Waals surface area contributed by atoms with Gasteiger partial charge < -0.3 is 9.64 Å². The van der Waals surface area contributed by atoms with Gasteiger partial charge in [0.05, 0.1) is 0 Å². The number of nitrogens with zero attached hydrogens (tertiary/aromatic N) is 1. The molecule has 3 nitrogen and oxygen atoms in total. The van der Waals surface area contributed by atoms with Gasteiger partial charge in [-0.25, -0.2) is 0 Å². The van der Waals surface area contributed by atoms with Gasteiger partial charge in [-0.2, -0.15) is 0 Å². The van der Waals surface area contributed by atoms with Crippen LogP contribution in [-0.2, 0) is 4.79 Å². The second kappa shape index (κ2) is 5.74. The second-order valence-corrected chi connectivity index (χ2v) is 4.72. The number of ether oxygens (including phenoxy) is 1. The molecule has 0 saturated carbocycles. The van der Waals surface area contributed by atoms with Gasteiger partial charge >= 0.3 is 0 Å². The van der Waals surface area contributed by atoms with Crippen LogP contribution in [0.2, 0.25) is 0 Å². The van der Waals surface area contributed by atoms with Crippen LogP contribution >= 0.6 is 0 Å². The molecule has 0 aliphatic heterocycles. The average molecular weight is 257 g/mol. The third kappa shape index (κ3) is 2.87. The fraction of sp³-hybridized carbons (Fsp3) is 0.312. The molecule has 19 heavy (non-hydrogen) atoms. The van der Waals surface area contributed by atoms with Crippen LogP contribution in [0.4, 0.5) is 0 Å². The molecule has 0 aromatic heterocycles. The molecule has 0 radical (unpaired) electrons. The van der Waals surface area contributed by atoms with Gasteiger partial charge in [0, 0.05) is 19.5 Å². The zero-order chi connectivity index (χ0) is 13.8. The van der Waals surface area contributed by atoms with Crippen molar-refractivity contribution >= 4 is 16.7 Å². The smallest absolute Gasteiger partial charge is 0.263 e. The number of hydrogen-bond acceptors (Lipinski definition) is 2. The first-order valence-corrected chi connectivity index (χ1v) is 6.49. The normalized spacial score (nSPS) is 12.2. The first-order chi connectivity index (χ1) is 9.13. The average Bonchev–Trinajstić information content (AvgIpc) is 2.44. The molecular weight excluding hydrogens is 238 g/mol. The number of benzene rings is 2. The maximum absolute atomic E-state index is 12.0. The summed E-state index contributed by atoms with van der Waals surface area (Å²) < 4.78 is 5.91. The predicted molar refractivity (Wildman–Crippen MR) is 77.3 cm³/mol. The van der Waals surface area contributed by atoms with Crippen molar-refractivity contribution in [2.45, 2.75) is 19.4 Å². The molecule has 0 aliphatic carbocycles. The lowest BCUT2D eigenvalue weighted by molar-refractivity contribution is -0.136. The van der Waals surface area contributed by atoms with Crippen LogP contribution in [0.3, 0.4) is 0 Å². The third-order valence-corrected chi connectivity index (χ3v) is 3.11. The van der Waals surface area contributed by atoms with Crippen LogP contribution in [-0.4, -0.2) is 31.0 Å². The summed E-state index contributed by atoms with van der Waals surface area (Å²) in [6, 6.07) is 13.9. The molecule has 0 heterocycles. The van der Waals surface area contributed by atoms with Crippen LogP contribution in [0.5, 0.6) is 5.75 Å². The van der Waals surface area contributed by atoms with E-state index >= 15 is 0 Å². The van der Waals surface area contributed by atoms with Gasteiger partial charge in [-0.1, -0.05) is 43.3 Å². The zero-order valence-electron chi connectivity index (χ0n) is 11.6. The Morgan fingerprint density at radius 1 is 1.16 bits per heavy atom. The minimum absolute atomic E-state index is 0.00423. The first kappa shape index (κ1) is 13.4. The van der Waals surface area contributed by atoms with Gasteiger partial charge in [0.25, 0.3) is 5.91 Å². The third-order valence-electron chi connectivity index (χ3n) is 3.11. The highest BCUT2D eigenvalue weighted by Crippen LogP contribution is 2.26. The fourth-order valence-corrected chi connectivity index (χ4v) is 2.05. The van der Waals surface area contributed by atoms with Crippen molar-refractivity contribution in [3.05, 3.63) is 42.5 Å². The summed E-state index contributed by atoms with van der Waals surface area (Å²) in [7, 11) is 3.49. The van der Waals surface area contributed by atoms with E-state index in [2.05, 4.69) is 0 Å². The highest BCUT2D eigenvalue weighted by atomic mass is 16.5. The number of likely N-dealkylation sites (N-methyl/N-ethyl adjacent to an activating group) is 1. The Balaban J connectivity index is 2.32. The summed E-state index contributed by atoms with van der Waals surface area (Å²) in [4.78, 5) is 13.6. The van der Waals surface area contributed by atoms with Crippen LogP contribution in [0.15, 0.2) is 42.5 Å². The summed E-state index contributed by atoms with van der Waals surface area (Å²) >= 11 is 0. The van der Waals surface area contributed by atoms with Gasteiger partial charge in [-0.05, 0) is 17.9 Å². The summed E-state index contributed by atoms with van der Waals surface area (Å²) in [5.41, 5.74) is 0. The highest BCUT2D eigenvalue weighted by Gasteiger charge is 2.20. The Hall–Kier alpha value is -2.03. The molecule has 1 atom stereocenters. The SMILES string of the molecule is CC[C@@H](Oc1cccc2ccccc12)C(=O)N(C)C. The zero-order valence-corrected chi connectivity index (χ0v) is 11.6. The fourth-order valence-electron chi connectivity index (χ4n) is 2.05. The second-order valence-electron chi connectivity index (χ2n) is 4.72. The van der Waals surface area contributed by atoms with Crippen molar-refractivity contribution < 1.29 is 9.53 Å². The van der Waals surface area contributed by atoms with E-state index in [4.69, 9.17) is 4.74 Å². The number of amides is 1. The van der Waals surface area contributed by atoms with E-state index in [1.807, 2.05) is 49.4 Å². The van der Waals surface area contributed by atoms with E-state index < -0.39 is 6.10 Å². The van der Waals surface area contributed by atoms with E-state index in [-0.39, 0.29) is 5.91 Å². The topological polar surface area (TPSA) is 29.5 Å². The number of rotatable bonds is 4. The Morgan fingerprint density at radius 3 is 2.53 bits per heavy atom. The van der Waals surface area contributed by atoms with Gasteiger partial charge in [-0.3, -0.25) is 4.79 Å². The lowest BCUT2D eigenvalue weighted by atomic mass is 10.1. The molecule has 100 valence electrons. The molecule has 3 heteroatoms. The Morgan fingerprint density at radius 2 is 1.84 bits per heavy atom. The van der Waals surface area contributed by atoms with E-state index in [9.17, 15) is 4.79 Å². The molecule has 0 unspecified atom stereocenters. The van der Waals surface area contributed by atoms with Crippen LogP contribution in [0.1, 0.15) is 13.3 Å². The van der Waals surface area contributed by atoms with Crippen LogP contribution < -0.4 is 4.74 Å². The quantitative estimate of drug-likeness (QED) is 0.842. The van der Waals surface area contributed by atoms with Gasteiger partial charge in [0.1, 0.15) is 5.75 Å². The molecule has 0 N–H and O–H groups in total. The number of carbonyl (C=O) groups is 1. The van der Waals surface area contributed by atoms with E-state index in [1.165, 1.54) is 0 Å². The van der Waals surface area contributed by atoms with Gasteiger partial charge in [0.2, 0.25) is 0 Å². The van der Waals surface area contributed by atoms with Crippen molar-refractivity contribution in [1.29, 1.82) is 0 Å². The number of carbonyl (C=O) groups excluding carboxylic acids is 1. The molecule has 1 amide bonds.